The number of fused-ring (bicyclic) bond motifs is 1. The van der Waals surface area contributed by atoms with Gasteiger partial charge in [0.05, 0.1) is 18.6 Å². The van der Waals surface area contributed by atoms with E-state index in [-0.39, 0.29) is 17.1 Å². The summed E-state index contributed by atoms with van der Waals surface area (Å²) in [4.78, 5) is 13.1. The first kappa shape index (κ1) is 28.2. The van der Waals surface area contributed by atoms with Crippen molar-refractivity contribution < 1.29 is 64.6 Å². The van der Waals surface area contributed by atoms with Gasteiger partial charge in [-0.25, -0.2) is 0 Å². The predicted octanol–water partition coefficient (Wildman–Crippen LogP) is -2.08. The molecule has 0 saturated carbocycles. The monoisotopic (exact) mass is 563 g/mol. The predicted molar refractivity (Wildman–Crippen MR) is 130 cm³/mol. The number of phenols is 2. The van der Waals surface area contributed by atoms with E-state index in [2.05, 4.69) is 0 Å². The quantitative estimate of drug-likeness (QED) is 0.166. The third kappa shape index (κ3) is 4.89. The van der Waals surface area contributed by atoms with Crippen LogP contribution in [0.5, 0.6) is 17.2 Å². The van der Waals surface area contributed by atoms with Crippen molar-refractivity contribution in [3.63, 3.8) is 0 Å². The molecular formula is C26H27O14-. The highest BCUT2D eigenvalue weighted by Gasteiger charge is 2.49. The molecule has 2 saturated heterocycles. The van der Waals surface area contributed by atoms with Crippen LogP contribution in [0, 0.1) is 0 Å². The molecule has 0 bridgehead atoms. The molecule has 0 unspecified atom stereocenters. The van der Waals surface area contributed by atoms with Gasteiger partial charge in [-0.2, -0.15) is 0 Å². The van der Waals surface area contributed by atoms with Crippen LogP contribution in [0.4, 0.5) is 0 Å². The van der Waals surface area contributed by atoms with Gasteiger partial charge in [-0.15, -0.1) is 0 Å². The molecule has 0 radical (unpaired) electrons. The maximum Gasteiger partial charge on any atom is 0.192 e. The zero-order valence-electron chi connectivity index (χ0n) is 20.6. The second-order valence-corrected chi connectivity index (χ2v) is 9.64. The molecule has 5 rings (SSSR count). The summed E-state index contributed by atoms with van der Waals surface area (Å²) >= 11 is 0. The summed E-state index contributed by atoms with van der Waals surface area (Å²) in [5, 5.41) is 94.5. The van der Waals surface area contributed by atoms with Gasteiger partial charge >= 0.3 is 0 Å². The van der Waals surface area contributed by atoms with Crippen LogP contribution >= 0.6 is 0 Å². The molecule has 8 N–H and O–H groups in total. The molecule has 0 aliphatic carbocycles. The Kier molecular flexibility index (Phi) is 7.71. The zero-order chi connectivity index (χ0) is 28.9. The minimum absolute atomic E-state index is 0.0215. The van der Waals surface area contributed by atoms with Crippen molar-refractivity contribution in [2.45, 2.75) is 55.1 Å². The van der Waals surface area contributed by atoms with Gasteiger partial charge in [0, 0.05) is 23.3 Å². The first-order valence-corrected chi connectivity index (χ1v) is 12.3. The molecule has 216 valence electrons. The fraction of sp³-hybridized carbons (Fsp3) is 0.423. The summed E-state index contributed by atoms with van der Waals surface area (Å²) < 4.78 is 22.0. The molecule has 2 aliphatic rings. The van der Waals surface area contributed by atoms with Gasteiger partial charge in [-0.3, -0.25) is 4.79 Å². The van der Waals surface area contributed by atoms with Gasteiger partial charge in [0.2, 0.25) is 0 Å². The SMILES string of the molecule is O=c1cc(-c2ccc(O)cc2)oc2cc(O)c([C@@H]3O[C@H](CO)[C@@H](O)[C@H](O)[C@H]3O[C@@H]3CO[C@@H](O)[C@@H](O)[C@@H]3O)c([O-])c12. The zero-order valence-corrected chi connectivity index (χ0v) is 20.6. The van der Waals surface area contributed by atoms with Crippen molar-refractivity contribution >= 4 is 11.0 Å². The number of rotatable bonds is 5. The fourth-order valence-electron chi connectivity index (χ4n) is 4.91. The topological polar surface area (TPSA) is 243 Å². The van der Waals surface area contributed by atoms with Gasteiger partial charge in [0.15, 0.2) is 11.7 Å². The fourth-order valence-corrected chi connectivity index (χ4v) is 4.91. The molecule has 3 heterocycles. The average Bonchev–Trinajstić information content (AvgIpc) is 2.92. The van der Waals surface area contributed by atoms with E-state index in [9.17, 15) is 50.8 Å². The van der Waals surface area contributed by atoms with Crippen LogP contribution in [-0.4, -0.2) is 103 Å². The molecule has 40 heavy (non-hydrogen) atoms. The van der Waals surface area contributed by atoms with Gasteiger partial charge in [-0.05, 0) is 24.3 Å². The molecule has 9 atom stereocenters. The van der Waals surface area contributed by atoms with E-state index in [4.69, 9.17) is 18.6 Å². The van der Waals surface area contributed by atoms with Crippen molar-refractivity contribution in [1.82, 2.24) is 0 Å². The number of aliphatic hydroxyl groups excluding tert-OH is 6. The Balaban J connectivity index is 1.58. The standard InChI is InChI=1S/C26H28O14/c27-7-15-19(31)22(34)25(40-16-8-37-26(36)23(35)20(16)32)24(39-15)18-12(30)6-14-17(21(18)33)11(29)5-13(38-14)9-1-3-10(28)4-2-9/h1-6,15-16,19-20,22-28,30-36H,7-8H2/p-1/t15-,16-,19-,20-,22+,23+,24+,25-,26-/m1/s1. The highest BCUT2D eigenvalue weighted by molar-refractivity contribution is 5.87. The lowest BCUT2D eigenvalue weighted by Crippen LogP contribution is -2.60. The smallest absolute Gasteiger partial charge is 0.192 e. The van der Waals surface area contributed by atoms with Crippen LogP contribution < -0.4 is 10.5 Å². The molecule has 2 fully saturated rings. The van der Waals surface area contributed by atoms with Crippen molar-refractivity contribution in [2.24, 2.45) is 0 Å². The number of benzene rings is 2. The second-order valence-electron chi connectivity index (χ2n) is 9.64. The summed E-state index contributed by atoms with van der Waals surface area (Å²) in [6.07, 6.45) is -15.0. The Morgan fingerprint density at radius 2 is 1.65 bits per heavy atom. The third-order valence-corrected chi connectivity index (χ3v) is 7.08. The van der Waals surface area contributed by atoms with E-state index in [1.165, 1.54) is 24.3 Å². The minimum Gasteiger partial charge on any atom is -0.872 e. The summed E-state index contributed by atoms with van der Waals surface area (Å²) in [6.45, 7) is -1.27. The van der Waals surface area contributed by atoms with Crippen LogP contribution in [0.15, 0.2) is 45.6 Å². The van der Waals surface area contributed by atoms with E-state index >= 15 is 0 Å². The molecule has 14 heteroatoms. The molecule has 3 aromatic rings. The first-order valence-electron chi connectivity index (χ1n) is 12.3. The van der Waals surface area contributed by atoms with Gasteiger partial charge < -0.3 is 64.6 Å². The number of hydrogen-bond acceptors (Lipinski definition) is 14. The molecule has 0 amide bonds. The Labute approximate surface area is 225 Å². The molecule has 0 spiro atoms. The van der Waals surface area contributed by atoms with E-state index < -0.39 is 96.2 Å². The summed E-state index contributed by atoms with van der Waals surface area (Å²) in [5.41, 5.74) is -1.21. The van der Waals surface area contributed by atoms with Crippen LogP contribution in [0.25, 0.3) is 22.3 Å². The Morgan fingerprint density at radius 3 is 2.33 bits per heavy atom. The van der Waals surface area contributed by atoms with Gasteiger partial charge in [0.1, 0.15) is 71.7 Å². The number of ether oxygens (including phenoxy) is 3. The summed E-state index contributed by atoms with van der Waals surface area (Å²) in [6, 6.07) is 7.72. The first-order chi connectivity index (χ1) is 19.0. The largest absolute Gasteiger partial charge is 0.872 e. The van der Waals surface area contributed by atoms with E-state index in [1.807, 2.05) is 0 Å². The molecule has 14 nitrogen and oxygen atoms in total. The maximum atomic E-state index is 13.6. The number of aliphatic hydroxyl groups is 6. The normalized spacial score (nSPS) is 32.8. The molecule has 2 aliphatic heterocycles. The summed E-state index contributed by atoms with van der Waals surface area (Å²) in [5.74, 6) is -1.74. The number of aromatic hydroxyl groups is 2. The third-order valence-electron chi connectivity index (χ3n) is 7.08. The van der Waals surface area contributed by atoms with Crippen LogP contribution in [0.3, 0.4) is 0 Å². The average molecular weight is 563 g/mol. The highest BCUT2D eigenvalue weighted by Crippen LogP contribution is 2.45. The van der Waals surface area contributed by atoms with Crippen molar-refractivity contribution in [2.75, 3.05) is 13.2 Å². The van der Waals surface area contributed by atoms with Crippen molar-refractivity contribution in [3.8, 4) is 28.6 Å². The molecular weight excluding hydrogens is 536 g/mol. The van der Waals surface area contributed by atoms with Crippen LogP contribution in [0.1, 0.15) is 11.7 Å². The Bertz CT molecular complexity index is 1420. The lowest BCUT2D eigenvalue weighted by Gasteiger charge is -2.46. The second kappa shape index (κ2) is 10.9. The van der Waals surface area contributed by atoms with Gasteiger partial charge in [-0.1, -0.05) is 5.75 Å². The highest BCUT2D eigenvalue weighted by atomic mass is 16.6. The van der Waals surface area contributed by atoms with E-state index in [0.29, 0.717) is 5.56 Å². The maximum absolute atomic E-state index is 13.6. The molecule has 1 aromatic heterocycles. The van der Waals surface area contributed by atoms with Crippen LogP contribution in [0.2, 0.25) is 0 Å². The van der Waals surface area contributed by atoms with Gasteiger partial charge in [0.25, 0.3) is 0 Å². The van der Waals surface area contributed by atoms with E-state index in [1.54, 1.807) is 0 Å². The number of phenolic OH excluding ortho intramolecular Hbond substituents is 2. The van der Waals surface area contributed by atoms with E-state index in [0.717, 1.165) is 12.1 Å². The van der Waals surface area contributed by atoms with Crippen molar-refractivity contribution in [1.29, 1.82) is 0 Å². The minimum atomic E-state index is -1.85. The number of hydrogen-bond donors (Lipinski definition) is 8. The van der Waals surface area contributed by atoms with Crippen molar-refractivity contribution in [3.05, 3.63) is 52.2 Å². The lowest BCUT2D eigenvalue weighted by atomic mass is 9.89. The molecule has 2 aromatic carbocycles. The van der Waals surface area contributed by atoms with Crippen LogP contribution in [-0.2, 0) is 14.2 Å². The lowest BCUT2D eigenvalue weighted by molar-refractivity contribution is -0.304. The Morgan fingerprint density at radius 1 is 0.950 bits per heavy atom. The Hall–Kier alpha value is -3.31. The summed E-state index contributed by atoms with van der Waals surface area (Å²) in [7, 11) is 0.